The van der Waals surface area contributed by atoms with Crippen molar-refractivity contribution in [1.82, 2.24) is 5.32 Å². The van der Waals surface area contributed by atoms with Crippen molar-refractivity contribution < 1.29 is 14.2 Å². The van der Waals surface area contributed by atoms with Gasteiger partial charge in [-0.15, -0.1) is 0 Å². The van der Waals surface area contributed by atoms with Gasteiger partial charge in [-0.3, -0.25) is 0 Å². The Labute approximate surface area is 151 Å². The van der Waals surface area contributed by atoms with E-state index in [1.54, 1.807) is 14.2 Å². The number of nitrogens with one attached hydrogen (secondary N) is 1. The molecule has 0 bridgehead atoms. The average molecular weight is 343 g/mol. The Hall–Kier alpha value is -2.04. The predicted molar refractivity (Wildman–Crippen MR) is 101 cm³/mol. The molecule has 2 aromatic rings. The first kappa shape index (κ1) is 19.3. The van der Waals surface area contributed by atoms with Crippen molar-refractivity contribution in [3.63, 3.8) is 0 Å². The minimum absolute atomic E-state index is 0.123. The van der Waals surface area contributed by atoms with E-state index in [2.05, 4.69) is 50.4 Å². The lowest BCUT2D eigenvalue weighted by molar-refractivity contribution is -0.0149. The molecular formula is C21H29NO3. The minimum atomic E-state index is -0.123. The first-order valence-electron chi connectivity index (χ1n) is 8.54. The Balaban J connectivity index is 1.89. The summed E-state index contributed by atoms with van der Waals surface area (Å²) in [6, 6.07) is 14.5. The fourth-order valence-corrected chi connectivity index (χ4v) is 2.47. The highest BCUT2D eigenvalue weighted by molar-refractivity contribution is 5.42. The van der Waals surface area contributed by atoms with E-state index >= 15 is 0 Å². The summed E-state index contributed by atoms with van der Waals surface area (Å²) in [6.45, 7) is 8.42. The molecule has 0 amide bonds. The molecule has 4 nitrogen and oxygen atoms in total. The maximum Gasteiger partial charge on any atom is 0.161 e. The van der Waals surface area contributed by atoms with Gasteiger partial charge >= 0.3 is 0 Å². The molecule has 0 aromatic heterocycles. The lowest BCUT2D eigenvalue weighted by Crippen LogP contribution is -2.18. The zero-order valence-corrected chi connectivity index (χ0v) is 15.9. The van der Waals surface area contributed by atoms with Crippen LogP contribution in [0.2, 0.25) is 0 Å². The SMILES string of the molecule is COc1ccc(CNCc2cccc(COC(C)(C)C)c2)cc1OC. The molecule has 0 aliphatic carbocycles. The van der Waals surface area contributed by atoms with Crippen molar-refractivity contribution in [3.05, 3.63) is 59.2 Å². The van der Waals surface area contributed by atoms with Crippen LogP contribution in [0, 0.1) is 0 Å². The lowest BCUT2D eigenvalue weighted by Gasteiger charge is -2.19. The van der Waals surface area contributed by atoms with E-state index < -0.39 is 0 Å². The smallest absolute Gasteiger partial charge is 0.161 e. The van der Waals surface area contributed by atoms with Crippen molar-refractivity contribution in [1.29, 1.82) is 0 Å². The molecule has 2 aromatic carbocycles. The Kier molecular flexibility index (Phi) is 6.85. The van der Waals surface area contributed by atoms with E-state index in [0.29, 0.717) is 6.61 Å². The third-order valence-corrected chi connectivity index (χ3v) is 3.77. The van der Waals surface area contributed by atoms with Crippen molar-refractivity contribution in [2.75, 3.05) is 14.2 Å². The van der Waals surface area contributed by atoms with Crippen LogP contribution in [0.25, 0.3) is 0 Å². The molecule has 136 valence electrons. The van der Waals surface area contributed by atoms with Crippen LogP contribution < -0.4 is 14.8 Å². The van der Waals surface area contributed by atoms with Crippen LogP contribution in [-0.2, 0) is 24.4 Å². The fraction of sp³-hybridized carbons (Fsp3) is 0.429. The molecule has 25 heavy (non-hydrogen) atoms. The third kappa shape index (κ3) is 6.40. The van der Waals surface area contributed by atoms with Crippen LogP contribution in [0.15, 0.2) is 42.5 Å². The maximum atomic E-state index is 5.85. The van der Waals surface area contributed by atoms with Gasteiger partial charge in [-0.25, -0.2) is 0 Å². The average Bonchev–Trinajstić information content (AvgIpc) is 2.59. The predicted octanol–water partition coefficient (Wildman–Crippen LogP) is 4.31. The maximum absolute atomic E-state index is 5.85. The highest BCUT2D eigenvalue weighted by Crippen LogP contribution is 2.27. The zero-order chi connectivity index (χ0) is 18.3. The van der Waals surface area contributed by atoms with Gasteiger partial charge in [-0.2, -0.15) is 0 Å². The van der Waals surface area contributed by atoms with Crippen LogP contribution in [0.5, 0.6) is 11.5 Å². The summed E-state index contributed by atoms with van der Waals surface area (Å²) >= 11 is 0. The molecule has 1 N–H and O–H groups in total. The monoisotopic (exact) mass is 343 g/mol. The molecule has 0 spiro atoms. The third-order valence-electron chi connectivity index (χ3n) is 3.77. The number of hydrogen-bond acceptors (Lipinski definition) is 4. The number of benzene rings is 2. The number of rotatable bonds is 8. The molecule has 0 fully saturated rings. The second kappa shape index (κ2) is 8.88. The molecule has 2 rings (SSSR count). The van der Waals surface area contributed by atoms with Gasteiger partial charge in [0, 0.05) is 13.1 Å². The molecule has 0 radical (unpaired) electrons. The fourth-order valence-electron chi connectivity index (χ4n) is 2.47. The summed E-state index contributed by atoms with van der Waals surface area (Å²) in [5.41, 5.74) is 3.47. The first-order valence-corrected chi connectivity index (χ1v) is 8.54. The standard InChI is InChI=1S/C21H29NO3/c1-21(2,3)25-15-18-8-6-7-16(11-18)13-22-14-17-9-10-19(23-4)20(12-17)24-5/h6-12,22H,13-15H2,1-5H3. The van der Waals surface area contributed by atoms with Crippen LogP contribution in [0.1, 0.15) is 37.5 Å². The molecule has 0 aliphatic heterocycles. The molecule has 0 saturated heterocycles. The molecule has 0 atom stereocenters. The van der Waals surface area contributed by atoms with E-state index in [1.807, 2.05) is 18.2 Å². The Morgan fingerprint density at radius 3 is 2.08 bits per heavy atom. The largest absolute Gasteiger partial charge is 0.493 e. The summed E-state index contributed by atoms with van der Waals surface area (Å²) in [4.78, 5) is 0. The van der Waals surface area contributed by atoms with E-state index in [4.69, 9.17) is 14.2 Å². The van der Waals surface area contributed by atoms with Gasteiger partial charge in [0.15, 0.2) is 11.5 Å². The van der Waals surface area contributed by atoms with Crippen molar-refractivity contribution in [2.24, 2.45) is 0 Å². The van der Waals surface area contributed by atoms with Crippen LogP contribution >= 0.6 is 0 Å². The van der Waals surface area contributed by atoms with E-state index in [1.165, 1.54) is 11.1 Å². The summed E-state index contributed by atoms with van der Waals surface area (Å²) in [5, 5.41) is 3.47. The van der Waals surface area contributed by atoms with E-state index in [9.17, 15) is 0 Å². The number of methoxy groups -OCH3 is 2. The van der Waals surface area contributed by atoms with Crippen molar-refractivity contribution >= 4 is 0 Å². The summed E-state index contributed by atoms with van der Waals surface area (Å²) < 4.78 is 16.5. The van der Waals surface area contributed by atoms with Gasteiger partial charge < -0.3 is 19.5 Å². The van der Waals surface area contributed by atoms with Crippen molar-refractivity contribution in [3.8, 4) is 11.5 Å². The Bertz CT molecular complexity index is 677. The molecule has 4 heteroatoms. The highest BCUT2D eigenvalue weighted by atomic mass is 16.5. The topological polar surface area (TPSA) is 39.7 Å². The number of ether oxygens (including phenoxy) is 3. The second-order valence-electron chi connectivity index (χ2n) is 7.01. The molecule has 0 unspecified atom stereocenters. The van der Waals surface area contributed by atoms with Gasteiger partial charge in [-0.05, 0) is 49.6 Å². The number of hydrogen-bond donors (Lipinski definition) is 1. The molecule has 0 aliphatic rings. The van der Waals surface area contributed by atoms with E-state index in [0.717, 1.165) is 30.2 Å². The molecule has 0 heterocycles. The lowest BCUT2D eigenvalue weighted by atomic mass is 10.1. The van der Waals surface area contributed by atoms with Gasteiger partial charge in [0.2, 0.25) is 0 Å². The minimum Gasteiger partial charge on any atom is -0.493 e. The summed E-state index contributed by atoms with van der Waals surface area (Å²) in [7, 11) is 3.30. The van der Waals surface area contributed by atoms with Crippen LogP contribution in [0.4, 0.5) is 0 Å². The van der Waals surface area contributed by atoms with Gasteiger partial charge in [0.1, 0.15) is 0 Å². The summed E-state index contributed by atoms with van der Waals surface area (Å²) in [5.74, 6) is 1.50. The van der Waals surface area contributed by atoms with Gasteiger partial charge in [-0.1, -0.05) is 30.3 Å². The second-order valence-corrected chi connectivity index (χ2v) is 7.01. The Morgan fingerprint density at radius 2 is 1.44 bits per heavy atom. The van der Waals surface area contributed by atoms with Crippen molar-refractivity contribution in [2.45, 2.75) is 46.1 Å². The molecular weight excluding hydrogens is 314 g/mol. The quantitative estimate of drug-likeness (QED) is 0.775. The first-order chi connectivity index (χ1) is 11.9. The molecule has 0 saturated carbocycles. The Morgan fingerprint density at radius 1 is 0.800 bits per heavy atom. The zero-order valence-electron chi connectivity index (χ0n) is 15.9. The highest BCUT2D eigenvalue weighted by Gasteiger charge is 2.10. The normalized spacial score (nSPS) is 11.4. The van der Waals surface area contributed by atoms with E-state index in [-0.39, 0.29) is 5.60 Å². The van der Waals surface area contributed by atoms with Gasteiger partial charge in [0.05, 0.1) is 26.4 Å². The van der Waals surface area contributed by atoms with Crippen LogP contribution in [0.3, 0.4) is 0 Å². The summed E-state index contributed by atoms with van der Waals surface area (Å²) in [6.07, 6.45) is 0. The van der Waals surface area contributed by atoms with Crippen LogP contribution in [-0.4, -0.2) is 19.8 Å². The van der Waals surface area contributed by atoms with Gasteiger partial charge in [0.25, 0.3) is 0 Å².